The Morgan fingerprint density at radius 3 is 2.48 bits per heavy atom. The maximum Gasteiger partial charge on any atom is 0.271 e. The SMILES string of the molecule is COc1ccccc1N1C(=N)S/C(=C\c2ccc(OCc3ccccc3F)cc2)C1=O. The first-order valence-electron chi connectivity index (χ1n) is 9.48. The standard InChI is InChI=1S/C24H19FN2O3S/c1-29-21-9-5-4-8-20(21)27-23(28)22(31-24(27)26)14-16-10-12-18(13-11-16)30-15-17-6-2-3-7-19(17)25/h2-14,26H,15H2,1H3/b22-14-,26-24?. The van der Waals surface area contributed by atoms with E-state index in [9.17, 15) is 9.18 Å². The molecule has 1 saturated heterocycles. The van der Waals surface area contributed by atoms with E-state index in [0.29, 0.717) is 27.7 Å². The van der Waals surface area contributed by atoms with Crippen LogP contribution in [0.15, 0.2) is 77.7 Å². The third kappa shape index (κ3) is 4.46. The van der Waals surface area contributed by atoms with Gasteiger partial charge in [-0.3, -0.25) is 15.1 Å². The van der Waals surface area contributed by atoms with Crippen molar-refractivity contribution in [2.24, 2.45) is 0 Å². The summed E-state index contributed by atoms with van der Waals surface area (Å²) in [4.78, 5) is 14.7. The van der Waals surface area contributed by atoms with Gasteiger partial charge in [0.25, 0.3) is 5.91 Å². The molecule has 1 aliphatic rings. The fourth-order valence-electron chi connectivity index (χ4n) is 3.11. The monoisotopic (exact) mass is 434 g/mol. The van der Waals surface area contributed by atoms with Crippen LogP contribution >= 0.6 is 11.8 Å². The van der Waals surface area contributed by atoms with Crippen molar-refractivity contribution in [2.45, 2.75) is 6.61 Å². The lowest BCUT2D eigenvalue weighted by Crippen LogP contribution is -2.28. The first-order valence-corrected chi connectivity index (χ1v) is 10.3. The molecule has 7 heteroatoms. The van der Waals surface area contributed by atoms with E-state index < -0.39 is 0 Å². The van der Waals surface area contributed by atoms with Gasteiger partial charge in [-0.25, -0.2) is 4.39 Å². The van der Waals surface area contributed by atoms with E-state index in [1.54, 1.807) is 54.6 Å². The Morgan fingerprint density at radius 1 is 1.03 bits per heavy atom. The number of hydrogen-bond donors (Lipinski definition) is 1. The molecule has 4 rings (SSSR count). The molecule has 0 saturated carbocycles. The van der Waals surface area contributed by atoms with E-state index in [1.165, 1.54) is 18.1 Å². The minimum Gasteiger partial charge on any atom is -0.495 e. The van der Waals surface area contributed by atoms with Crippen molar-refractivity contribution in [1.29, 1.82) is 5.41 Å². The summed E-state index contributed by atoms with van der Waals surface area (Å²) in [6.07, 6.45) is 1.73. The molecule has 1 amide bonds. The molecule has 31 heavy (non-hydrogen) atoms. The van der Waals surface area contributed by atoms with Crippen LogP contribution in [-0.2, 0) is 11.4 Å². The van der Waals surface area contributed by atoms with Crippen LogP contribution in [0, 0.1) is 11.2 Å². The van der Waals surface area contributed by atoms with Crippen LogP contribution in [-0.4, -0.2) is 18.2 Å². The molecule has 0 aromatic heterocycles. The predicted molar refractivity (Wildman–Crippen MR) is 121 cm³/mol. The van der Waals surface area contributed by atoms with Crippen molar-refractivity contribution >= 4 is 34.6 Å². The van der Waals surface area contributed by atoms with Gasteiger partial charge in [-0.05, 0) is 53.7 Å². The number of carbonyl (C=O) groups excluding carboxylic acids is 1. The highest BCUT2D eigenvalue weighted by atomic mass is 32.2. The molecule has 0 spiro atoms. The van der Waals surface area contributed by atoms with E-state index >= 15 is 0 Å². The summed E-state index contributed by atoms with van der Waals surface area (Å²) in [5.74, 6) is 0.542. The molecule has 3 aromatic carbocycles. The zero-order valence-electron chi connectivity index (χ0n) is 16.7. The van der Waals surface area contributed by atoms with Crippen molar-refractivity contribution in [3.63, 3.8) is 0 Å². The van der Waals surface area contributed by atoms with Crippen LogP contribution in [0.3, 0.4) is 0 Å². The van der Waals surface area contributed by atoms with Crippen LogP contribution in [0.25, 0.3) is 6.08 Å². The summed E-state index contributed by atoms with van der Waals surface area (Å²) in [5, 5.41) is 8.37. The topological polar surface area (TPSA) is 62.6 Å². The number of thioether (sulfide) groups is 1. The quantitative estimate of drug-likeness (QED) is 0.523. The first-order chi connectivity index (χ1) is 15.1. The van der Waals surface area contributed by atoms with Gasteiger partial charge in [0.15, 0.2) is 5.17 Å². The molecular weight excluding hydrogens is 415 g/mol. The number of nitrogens with zero attached hydrogens (tertiary/aromatic N) is 1. The predicted octanol–water partition coefficient (Wildman–Crippen LogP) is 5.47. The lowest BCUT2D eigenvalue weighted by Gasteiger charge is -2.17. The molecule has 0 unspecified atom stereocenters. The highest BCUT2D eigenvalue weighted by Crippen LogP contribution is 2.39. The van der Waals surface area contributed by atoms with Gasteiger partial charge < -0.3 is 9.47 Å². The second-order valence-corrected chi connectivity index (χ2v) is 7.71. The Hall–Kier alpha value is -3.58. The van der Waals surface area contributed by atoms with E-state index in [4.69, 9.17) is 14.9 Å². The number of para-hydroxylation sites is 2. The molecule has 0 atom stereocenters. The zero-order valence-corrected chi connectivity index (χ0v) is 17.5. The molecule has 0 radical (unpaired) electrons. The second-order valence-electron chi connectivity index (χ2n) is 6.68. The van der Waals surface area contributed by atoms with Crippen LogP contribution in [0.1, 0.15) is 11.1 Å². The molecule has 0 aliphatic carbocycles. The molecule has 1 fully saturated rings. The molecule has 1 heterocycles. The molecular formula is C24H19FN2O3S. The highest BCUT2D eigenvalue weighted by molar-refractivity contribution is 8.19. The number of carbonyl (C=O) groups is 1. The van der Waals surface area contributed by atoms with Crippen molar-refractivity contribution in [3.8, 4) is 11.5 Å². The largest absolute Gasteiger partial charge is 0.495 e. The average Bonchev–Trinajstić information content (AvgIpc) is 3.06. The number of benzene rings is 3. The number of ether oxygens (including phenoxy) is 2. The molecule has 156 valence electrons. The maximum absolute atomic E-state index is 13.7. The first kappa shape index (κ1) is 20.7. The van der Waals surface area contributed by atoms with Gasteiger partial charge in [0, 0.05) is 5.56 Å². The minimum absolute atomic E-state index is 0.116. The smallest absolute Gasteiger partial charge is 0.271 e. The van der Waals surface area contributed by atoms with E-state index in [0.717, 1.165) is 17.3 Å². The lowest BCUT2D eigenvalue weighted by molar-refractivity contribution is -0.113. The number of nitrogens with one attached hydrogen (secondary N) is 1. The third-order valence-electron chi connectivity index (χ3n) is 4.68. The molecule has 3 aromatic rings. The number of rotatable bonds is 6. The molecule has 0 bridgehead atoms. The summed E-state index contributed by atoms with van der Waals surface area (Å²) >= 11 is 1.10. The van der Waals surface area contributed by atoms with Crippen LogP contribution < -0.4 is 14.4 Å². The van der Waals surface area contributed by atoms with Crippen LogP contribution in [0.4, 0.5) is 10.1 Å². The molecule has 1 aliphatic heterocycles. The summed E-state index contributed by atoms with van der Waals surface area (Å²) in [6, 6.07) is 20.7. The van der Waals surface area contributed by atoms with E-state index in [1.807, 2.05) is 18.2 Å². The number of hydrogen-bond acceptors (Lipinski definition) is 5. The zero-order chi connectivity index (χ0) is 21.8. The van der Waals surface area contributed by atoms with Crippen LogP contribution in [0.5, 0.6) is 11.5 Å². The van der Waals surface area contributed by atoms with Gasteiger partial charge in [-0.1, -0.05) is 42.5 Å². The third-order valence-corrected chi connectivity index (χ3v) is 5.57. The maximum atomic E-state index is 13.7. The number of methoxy groups -OCH3 is 1. The second kappa shape index (κ2) is 9.06. The number of amides is 1. The van der Waals surface area contributed by atoms with Gasteiger partial charge in [0.2, 0.25) is 0 Å². The summed E-state index contributed by atoms with van der Waals surface area (Å²) < 4.78 is 24.7. The fraction of sp³-hybridized carbons (Fsp3) is 0.0833. The van der Waals surface area contributed by atoms with Crippen LogP contribution in [0.2, 0.25) is 0 Å². The van der Waals surface area contributed by atoms with Gasteiger partial charge in [0.05, 0.1) is 17.7 Å². The van der Waals surface area contributed by atoms with E-state index in [-0.39, 0.29) is 23.5 Å². The van der Waals surface area contributed by atoms with Crippen molar-refractivity contribution in [1.82, 2.24) is 0 Å². The fourth-order valence-corrected chi connectivity index (χ4v) is 3.96. The lowest BCUT2D eigenvalue weighted by atomic mass is 10.2. The number of amidine groups is 1. The summed E-state index contributed by atoms with van der Waals surface area (Å²) in [6.45, 7) is 0.131. The minimum atomic E-state index is -0.303. The number of halogens is 1. The highest BCUT2D eigenvalue weighted by Gasteiger charge is 2.35. The average molecular weight is 434 g/mol. The normalized spacial score (nSPS) is 14.9. The molecule has 5 nitrogen and oxygen atoms in total. The Kier molecular flexibility index (Phi) is 6.04. The summed E-state index contributed by atoms with van der Waals surface area (Å²) in [7, 11) is 1.53. The van der Waals surface area contributed by atoms with Crippen molar-refractivity contribution in [2.75, 3.05) is 12.0 Å². The Bertz CT molecular complexity index is 1160. The van der Waals surface area contributed by atoms with E-state index in [2.05, 4.69) is 0 Å². The van der Waals surface area contributed by atoms with Gasteiger partial charge >= 0.3 is 0 Å². The summed E-state index contributed by atoms with van der Waals surface area (Å²) in [5.41, 5.74) is 1.81. The van der Waals surface area contributed by atoms with Gasteiger partial charge in [-0.15, -0.1) is 0 Å². The molecule has 1 N–H and O–H groups in total. The van der Waals surface area contributed by atoms with Gasteiger partial charge in [-0.2, -0.15) is 0 Å². The van der Waals surface area contributed by atoms with Crippen molar-refractivity contribution in [3.05, 3.63) is 94.6 Å². The number of anilines is 1. The Morgan fingerprint density at radius 2 is 1.74 bits per heavy atom. The van der Waals surface area contributed by atoms with Gasteiger partial charge in [0.1, 0.15) is 23.9 Å². The van der Waals surface area contributed by atoms with Crippen molar-refractivity contribution < 1.29 is 18.7 Å². The Balaban J connectivity index is 1.48. The Labute approximate surface area is 183 Å².